The summed E-state index contributed by atoms with van der Waals surface area (Å²) in [7, 11) is 0. The maximum atomic E-state index is 11.3. The molecule has 0 radical (unpaired) electrons. The summed E-state index contributed by atoms with van der Waals surface area (Å²) in [6.07, 6.45) is 3.26. The molecule has 0 aliphatic heterocycles. The molecule has 2 bridgehead atoms. The number of rotatable bonds is 3. The molecule has 2 saturated carbocycles. The van der Waals surface area contributed by atoms with Crippen LogP contribution in [-0.4, -0.2) is 27.3 Å². The van der Waals surface area contributed by atoms with E-state index in [9.17, 15) is 9.90 Å². The van der Waals surface area contributed by atoms with Crippen molar-refractivity contribution in [3.63, 3.8) is 0 Å². The molecule has 2 aliphatic rings. The van der Waals surface area contributed by atoms with Crippen LogP contribution < -0.4 is 5.32 Å². The molecular formula is C11H15N3O2S. The van der Waals surface area contributed by atoms with Gasteiger partial charge in [0, 0.05) is 6.04 Å². The molecule has 5 nitrogen and oxygen atoms in total. The SMILES string of the molecule is Cc1nnc(NC2C3CCC(C3)C2C(=O)O)s1. The van der Waals surface area contributed by atoms with Gasteiger partial charge in [-0.1, -0.05) is 11.3 Å². The summed E-state index contributed by atoms with van der Waals surface area (Å²) in [6.45, 7) is 1.90. The number of aromatic nitrogens is 2. The fraction of sp³-hybridized carbons (Fsp3) is 0.727. The number of anilines is 1. The van der Waals surface area contributed by atoms with E-state index in [1.165, 1.54) is 11.3 Å². The van der Waals surface area contributed by atoms with Crippen LogP contribution in [0.25, 0.3) is 0 Å². The highest BCUT2D eigenvalue weighted by Crippen LogP contribution is 2.49. The monoisotopic (exact) mass is 253 g/mol. The van der Waals surface area contributed by atoms with Crippen molar-refractivity contribution in [3.05, 3.63) is 5.01 Å². The van der Waals surface area contributed by atoms with E-state index >= 15 is 0 Å². The minimum Gasteiger partial charge on any atom is -0.481 e. The van der Waals surface area contributed by atoms with Gasteiger partial charge in [-0.25, -0.2) is 0 Å². The summed E-state index contributed by atoms with van der Waals surface area (Å²) in [5.41, 5.74) is 0. The van der Waals surface area contributed by atoms with Crippen LogP contribution >= 0.6 is 11.3 Å². The summed E-state index contributed by atoms with van der Waals surface area (Å²) in [6, 6.07) is 0.0404. The lowest BCUT2D eigenvalue weighted by atomic mass is 9.84. The molecule has 0 aromatic carbocycles. The van der Waals surface area contributed by atoms with Crippen molar-refractivity contribution >= 4 is 22.4 Å². The Labute approximate surface area is 103 Å². The molecule has 92 valence electrons. The van der Waals surface area contributed by atoms with Crippen LogP contribution in [0.3, 0.4) is 0 Å². The predicted molar refractivity (Wildman–Crippen MR) is 64.0 cm³/mol. The van der Waals surface area contributed by atoms with Gasteiger partial charge in [0.25, 0.3) is 0 Å². The Morgan fingerprint density at radius 1 is 1.41 bits per heavy atom. The average Bonchev–Trinajstić information content (AvgIpc) is 2.93. The Kier molecular flexibility index (Phi) is 2.54. The summed E-state index contributed by atoms with van der Waals surface area (Å²) in [5.74, 6) is -0.0804. The van der Waals surface area contributed by atoms with E-state index in [0.717, 1.165) is 29.4 Å². The summed E-state index contributed by atoms with van der Waals surface area (Å²) in [5, 5.41) is 22.2. The standard InChI is InChI=1S/C11H15N3O2S/c1-5-13-14-11(17-5)12-9-7-3-2-6(4-7)8(9)10(15)16/h6-9H,2-4H2,1H3,(H,12,14)(H,15,16). The highest BCUT2D eigenvalue weighted by molar-refractivity contribution is 7.15. The van der Waals surface area contributed by atoms with Crippen LogP contribution in [-0.2, 0) is 4.79 Å². The summed E-state index contributed by atoms with van der Waals surface area (Å²) in [4.78, 5) is 11.3. The molecule has 6 heteroatoms. The number of carboxylic acid groups (broad SMARTS) is 1. The number of nitrogens with one attached hydrogen (secondary N) is 1. The first kappa shape index (κ1) is 11.0. The molecule has 0 amide bonds. The second-order valence-corrected chi connectivity index (χ2v) is 6.18. The molecular weight excluding hydrogens is 238 g/mol. The number of carboxylic acids is 1. The molecule has 0 spiro atoms. The molecule has 1 aromatic heterocycles. The van der Waals surface area contributed by atoms with Crippen molar-refractivity contribution in [3.8, 4) is 0 Å². The maximum absolute atomic E-state index is 11.3. The van der Waals surface area contributed by atoms with Crippen LogP contribution in [0.4, 0.5) is 5.13 Å². The quantitative estimate of drug-likeness (QED) is 0.858. The Morgan fingerprint density at radius 3 is 2.82 bits per heavy atom. The summed E-state index contributed by atoms with van der Waals surface area (Å²) < 4.78 is 0. The smallest absolute Gasteiger partial charge is 0.308 e. The van der Waals surface area contributed by atoms with Gasteiger partial charge >= 0.3 is 5.97 Å². The van der Waals surface area contributed by atoms with Gasteiger partial charge in [0.15, 0.2) is 0 Å². The van der Waals surface area contributed by atoms with Crippen molar-refractivity contribution < 1.29 is 9.90 Å². The summed E-state index contributed by atoms with van der Waals surface area (Å²) >= 11 is 1.49. The van der Waals surface area contributed by atoms with Crippen molar-refractivity contribution in [1.29, 1.82) is 0 Å². The second kappa shape index (κ2) is 3.94. The first-order chi connectivity index (χ1) is 8.15. The van der Waals surface area contributed by atoms with E-state index in [2.05, 4.69) is 15.5 Å². The van der Waals surface area contributed by atoms with Gasteiger partial charge in [-0.3, -0.25) is 4.79 Å². The average molecular weight is 253 g/mol. The maximum Gasteiger partial charge on any atom is 0.308 e. The molecule has 4 atom stereocenters. The minimum absolute atomic E-state index is 0.0404. The number of aliphatic carboxylic acids is 1. The van der Waals surface area contributed by atoms with Gasteiger partial charge in [-0.15, -0.1) is 10.2 Å². The van der Waals surface area contributed by atoms with E-state index in [0.29, 0.717) is 11.8 Å². The van der Waals surface area contributed by atoms with Crippen molar-refractivity contribution in [1.82, 2.24) is 10.2 Å². The van der Waals surface area contributed by atoms with Crippen LogP contribution in [0.5, 0.6) is 0 Å². The van der Waals surface area contributed by atoms with Crippen LogP contribution in [0.2, 0.25) is 0 Å². The van der Waals surface area contributed by atoms with Gasteiger partial charge in [-0.05, 0) is 38.0 Å². The Morgan fingerprint density at radius 2 is 2.18 bits per heavy atom. The Balaban J connectivity index is 1.79. The lowest BCUT2D eigenvalue weighted by Gasteiger charge is -2.28. The van der Waals surface area contributed by atoms with Crippen LogP contribution in [0.15, 0.2) is 0 Å². The van der Waals surface area contributed by atoms with Crippen molar-refractivity contribution in [2.45, 2.75) is 32.2 Å². The van der Waals surface area contributed by atoms with E-state index in [1.807, 2.05) is 6.92 Å². The Hall–Kier alpha value is -1.17. The molecule has 2 aliphatic carbocycles. The molecule has 17 heavy (non-hydrogen) atoms. The topological polar surface area (TPSA) is 75.1 Å². The molecule has 2 fully saturated rings. The molecule has 2 N–H and O–H groups in total. The number of fused-ring (bicyclic) bond motifs is 2. The second-order valence-electron chi connectivity index (χ2n) is 4.99. The van der Waals surface area contributed by atoms with Gasteiger partial charge in [0.2, 0.25) is 5.13 Å². The van der Waals surface area contributed by atoms with Gasteiger partial charge in [0.05, 0.1) is 5.92 Å². The number of hydrogen-bond acceptors (Lipinski definition) is 5. The molecule has 1 aromatic rings. The highest BCUT2D eigenvalue weighted by atomic mass is 32.1. The third-order valence-corrected chi connectivity index (χ3v) is 4.79. The number of carbonyl (C=O) groups is 1. The zero-order valence-electron chi connectivity index (χ0n) is 9.59. The third-order valence-electron chi connectivity index (χ3n) is 4.02. The normalized spacial score (nSPS) is 35.1. The highest BCUT2D eigenvalue weighted by Gasteiger charge is 2.51. The van der Waals surface area contributed by atoms with Gasteiger partial charge in [0.1, 0.15) is 5.01 Å². The van der Waals surface area contributed by atoms with E-state index in [1.54, 1.807) is 0 Å². The molecule has 1 heterocycles. The van der Waals surface area contributed by atoms with E-state index in [4.69, 9.17) is 0 Å². The van der Waals surface area contributed by atoms with Crippen LogP contribution in [0.1, 0.15) is 24.3 Å². The number of hydrogen-bond donors (Lipinski definition) is 2. The van der Waals surface area contributed by atoms with Crippen LogP contribution in [0, 0.1) is 24.7 Å². The first-order valence-corrected chi connectivity index (χ1v) is 6.76. The zero-order chi connectivity index (χ0) is 12.0. The molecule has 0 saturated heterocycles. The zero-order valence-corrected chi connectivity index (χ0v) is 10.4. The first-order valence-electron chi connectivity index (χ1n) is 5.94. The molecule has 4 unspecified atom stereocenters. The number of aryl methyl sites for hydroxylation is 1. The predicted octanol–water partition coefficient (Wildman–Crippen LogP) is 1.76. The minimum atomic E-state index is -0.670. The van der Waals surface area contributed by atoms with E-state index < -0.39 is 5.97 Å². The van der Waals surface area contributed by atoms with Crippen molar-refractivity contribution in [2.24, 2.45) is 17.8 Å². The largest absolute Gasteiger partial charge is 0.481 e. The Bertz CT molecular complexity index is 448. The number of nitrogens with zero attached hydrogens (tertiary/aromatic N) is 2. The molecule has 3 rings (SSSR count). The third kappa shape index (κ3) is 1.80. The van der Waals surface area contributed by atoms with Gasteiger partial charge < -0.3 is 10.4 Å². The van der Waals surface area contributed by atoms with E-state index in [-0.39, 0.29) is 12.0 Å². The van der Waals surface area contributed by atoms with Gasteiger partial charge in [-0.2, -0.15) is 0 Å². The lowest BCUT2D eigenvalue weighted by Crippen LogP contribution is -2.39. The van der Waals surface area contributed by atoms with Crippen molar-refractivity contribution in [2.75, 3.05) is 5.32 Å². The fourth-order valence-electron chi connectivity index (χ4n) is 3.35. The fourth-order valence-corrected chi connectivity index (χ4v) is 3.99. The lowest BCUT2D eigenvalue weighted by molar-refractivity contribution is -0.143.